The van der Waals surface area contributed by atoms with Gasteiger partial charge in [-0.15, -0.1) is 0 Å². The van der Waals surface area contributed by atoms with E-state index in [1.165, 1.54) is 4.98 Å². The zero-order valence-corrected chi connectivity index (χ0v) is 5.51. The Morgan fingerprint density at radius 3 is 2.33 bits per heavy atom. The molecule has 0 spiro atoms. The molecule has 66 valence electrons. The van der Waals surface area contributed by atoms with Gasteiger partial charge in [0, 0.05) is 0 Å². The van der Waals surface area contributed by atoms with Gasteiger partial charge < -0.3 is 5.73 Å². The molecule has 0 saturated carbocycles. The summed E-state index contributed by atoms with van der Waals surface area (Å²) in [6, 6.07) is 0. The van der Waals surface area contributed by atoms with E-state index < -0.39 is 23.6 Å². The molecule has 0 radical (unpaired) electrons. The molecule has 1 aromatic heterocycles. The Labute approximate surface area is 63.5 Å². The molecule has 0 atom stereocenters. The Hall–Kier alpha value is -1.60. The standard InChI is InChI=1S/C4H3F3N4O/c5-4(6,7)1-9-2(8)11-3(12)10-1/h(H3,8,9,10,11,12). The number of halogens is 3. The second kappa shape index (κ2) is 2.47. The Morgan fingerprint density at radius 1 is 1.33 bits per heavy atom. The Morgan fingerprint density at radius 2 is 1.92 bits per heavy atom. The number of alkyl halides is 3. The number of nitrogens with two attached hydrogens (primary N) is 1. The molecule has 1 heterocycles. The maximum atomic E-state index is 11.8. The van der Waals surface area contributed by atoms with E-state index in [0.29, 0.717) is 0 Å². The molecule has 0 saturated heterocycles. The summed E-state index contributed by atoms with van der Waals surface area (Å²) in [6.07, 6.45) is -4.71. The van der Waals surface area contributed by atoms with Crippen molar-refractivity contribution in [1.29, 1.82) is 0 Å². The van der Waals surface area contributed by atoms with Crippen LogP contribution in [0.4, 0.5) is 19.1 Å². The van der Waals surface area contributed by atoms with Crippen molar-refractivity contribution in [3.63, 3.8) is 0 Å². The molecular weight excluding hydrogens is 177 g/mol. The van der Waals surface area contributed by atoms with Crippen LogP contribution >= 0.6 is 0 Å². The minimum atomic E-state index is -4.71. The number of rotatable bonds is 0. The fourth-order valence-corrected chi connectivity index (χ4v) is 0.535. The third kappa shape index (κ3) is 1.71. The van der Waals surface area contributed by atoms with Gasteiger partial charge in [0.05, 0.1) is 0 Å². The maximum absolute atomic E-state index is 11.8. The van der Waals surface area contributed by atoms with Crippen LogP contribution in [0.3, 0.4) is 0 Å². The van der Waals surface area contributed by atoms with Crippen molar-refractivity contribution in [2.45, 2.75) is 6.18 Å². The second-order valence-electron chi connectivity index (χ2n) is 1.86. The van der Waals surface area contributed by atoms with E-state index in [9.17, 15) is 18.0 Å². The lowest BCUT2D eigenvalue weighted by Gasteiger charge is -2.03. The summed E-state index contributed by atoms with van der Waals surface area (Å²) in [7, 11) is 0. The van der Waals surface area contributed by atoms with Gasteiger partial charge in [-0.25, -0.2) is 4.79 Å². The summed E-state index contributed by atoms with van der Waals surface area (Å²) < 4.78 is 35.5. The zero-order valence-electron chi connectivity index (χ0n) is 5.51. The fourth-order valence-electron chi connectivity index (χ4n) is 0.535. The van der Waals surface area contributed by atoms with E-state index in [4.69, 9.17) is 5.73 Å². The van der Waals surface area contributed by atoms with Crippen LogP contribution in [-0.2, 0) is 6.18 Å². The van der Waals surface area contributed by atoms with Crippen LogP contribution in [0, 0.1) is 0 Å². The summed E-state index contributed by atoms with van der Waals surface area (Å²) in [5.41, 5.74) is 3.64. The first-order chi connectivity index (χ1) is 5.39. The average molecular weight is 180 g/mol. The Bertz CT molecular complexity index is 343. The van der Waals surface area contributed by atoms with Crippen LogP contribution in [0.15, 0.2) is 4.79 Å². The summed E-state index contributed by atoms with van der Waals surface area (Å²) in [4.78, 5) is 17.5. The van der Waals surface area contributed by atoms with E-state index in [-0.39, 0.29) is 0 Å². The molecule has 0 fully saturated rings. The molecule has 0 aromatic carbocycles. The number of nitrogen functional groups attached to an aromatic ring is 1. The maximum Gasteiger partial charge on any atom is 0.449 e. The van der Waals surface area contributed by atoms with E-state index in [2.05, 4.69) is 9.97 Å². The monoisotopic (exact) mass is 180 g/mol. The van der Waals surface area contributed by atoms with E-state index in [1.807, 2.05) is 0 Å². The van der Waals surface area contributed by atoms with Gasteiger partial charge in [-0.2, -0.15) is 23.1 Å². The van der Waals surface area contributed by atoms with Crippen molar-refractivity contribution in [1.82, 2.24) is 15.0 Å². The minimum Gasteiger partial charge on any atom is -0.368 e. The molecule has 0 bridgehead atoms. The third-order valence-electron chi connectivity index (χ3n) is 0.936. The van der Waals surface area contributed by atoms with Crippen molar-refractivity contribution in [2.24, 2.45) is 0 Å². The summed E-state index contributed by atoms with van der Waals surface area (Å²) >= 11 is 0. The summed E-state index contributed by atoms with van der Waals surface area (Å²) in [5, 5.41) is 0. The van der Waals surface area contributed by atoms with Crippen LogP contribution in [0.25, 0.3) is 0 Å². The topological polar surface area (TPSA) is 84.7 Å². The molecular formula is C4H3F3N4O. The molecule has 1 aromatic rings. The third-order valence-corrected chi connectivity index (χ3v) is 0.936. The van der Waals surface area contributed by atoms with Crippen molar-refractivity contribution >= 4 is 5.95 Å². The highest BCUT2D eigenvalue weighted by Crippen LogP contribution is 2.24. The van der Waals surface area contributed by atoms with Crippen LogP contribution in [0.1, 0.15) is 5.82 Å². The van der Waals surface area contributed by atoms with Crippen LogP contribution in [0.5, 0.6) is 0 Å². The van der Waals surface area contributed by atoms with Crippen molar-refractivity contribution < 1.29 is 13.2 Å². The van der Waals surface area contributed by atoms with Crippen molar-refractivity contribution in [3.05, 3.63) is 16.3 Å². The smallest absolute Gasteiger partial charge is 0.368 e. The predicted molar refractivity (Wildman–Crippen MR) is 32.1 cm³/mol. The normalized spacial score (nSPS) is 11.6. The number of aromatic amines is 1. The molecule has 3 N–H and O–H groups in total. The number of anilines is 1. The van der Waals surface area contributed by atoms with E-state index in [1.54, 1.807) is 0 Å². The molecule has 0 aliphatic rings. The quantitative estimate of drug-likeness (QED) is 0.577. The van der Waals surface area contributed by atoms with E-state index >= 15 is 0 Å². The van der Waals surface area contributed by atoms with Gasteiger partial charge >= 0.3 is 11.9 Å². The van der Waals surface area contributed by atoms with Gasteiger partial charge in [-0.1, -0.05) is 0 Å². The highest BCUT2D eigenvalue weighted by molar-refractivity contribution is 5.13. The molecule has 0 aliphatic carbocycles. The first-order valence-electron chi connectivity index (χ1n) is 2.70. The molecule has 8 heteroatoms. The van der Waals surface area contributed by atoms with Crippen LogP contribution < -0.4 is 11.4 Å². The average Bonchev–Trinajstić information content (AvgIpc) is 1.82. The van der Waals surface area contributed by atoms with Crippen molar-refractivity contribution in [3.8, 4) is 0 Å². The molecule has 0 unspecified atom stereocenters. The first-order valence-corrected chi connectivity index (χ1v) is 2.70. The number of H-pyrrole nitrogens is 1. The number of hydrogen-bond donors (Lipinski definition) is 2. The lowest BCUT2D eigenvalue weighted by atomic mass is 10.6. The first kappa shape index (κ1) is 8.50. The minimum absolute atomic E-state index is 0.703. The lowest BCUT2D eigenvalue weighted by molar-refractivity contribution is -0.145. The summed E-state index contributed by atoms with van der Waals surface area (Å²) in [5.74, 6) is -2.15. The predicted octanol–water partition coefficient (Wildman–Crippen LogP) is -0.234. The van der Waals surface area contributed by atoms with Gasteiger partial charge in [-0.05, 0) is 0 Å². The summed E-state index contributed by atoms with van der Waals surface area (Å²) in [6.45, 7) is 0. The van der Waals surface area contributed by atoms with Gasteiger partial charge in [0.1, 0.15) is 0 Å². The van der Waals surface area contributed by atoms with Gasteiger partial charge in [0.2, 0.25) is 11.8 Å². The number of nitrogens with zero attached hydrogens (tertiary/aromatic N) is 2. The van der Waals surface area contributed by atoms with Gasteiger partial charge in [-0.3, -0.25) is 4.98 Å². The largest absolute Gasteiger partial charge is 0.449 e. The zero-order chi connectivity index (χ0) is 9.35. The SMILES string of the molecule is Nc1nc(C(F)(F)F)[nH]c(=O)n1. The number of aromatic nitrogens is 3. The highest BCUT2D eigenvalue weighted by Gasteiger charge is 2.34. The molecule has 1 rings (SSSR count). The van der Waals surface area contributed by atoms with Crippen molar-refractivity contribution in [2.75, 3.05) is 5.73 Å². The lowest BCUT2D eigenvalue weighted by Crippen LogP contribution is -2.22. The molecule has 5 nitrogen and oxygen atoms in total. The molecule has 12 heavy (non-hydrogen) atoms. The Kier molecular flexibility index (Phi) is 1.75. The number of nitrogens with one attached hydrogen (secondary N) is 1. The van der Waals surface area contributed by atoms with Gasteiger partial charge in [0.15, 0.2) is 0 Å². The Balaban J connectivity index is 3.27. The molecule has 0 aliphatic heterocycles. The second-order valence-corrected chi connectivity index (χ2v) is 1.86. The number of hydrogen-bond acceptors (Lipinski definition) is 4. The van der Waals surface area contributed by atoms with Gasteiger partial charge in [0.25, 0.3) is 0 Å². The van der Waals surface area contributed by atoms with Crippen LogP contribution in [0.2, 0.25) is 0 Å². The fraction of sp³-hybridized carbons (Fsp3) is 0.250. The van der Waals surface area contributed by atoms with Crippen LogP contribution in [-0.4, -0.2) is 15.0 Å². The van der Waals surface area contributed by atoms with E-state index in [0.717, 1.165) is 0 Å². The highest BCUT2D eigenvalue weighted by atomic mass is 19.4. The molecule has 0 amide bonds.